The molecule has 0 saturated carbocycles. The molecule has 0 bridgehead atoms. The van der Waals surface area contributed by atoms with Crippen LogP contribution in [0.5, 0.6) is 0 Å². The summed E-state index contributed by atoms with van der Waals surface area (Å²) in [5, 5.41) is 10.8. The molecule has 0 atom stereocenters. The van der Waals surface area contributed by atoms with Crippen LogP contribution in [0.15, 0.2) is 22.7 Å². The number of rotatable bonds is 4. The van der Waals surface area contributed by atoms with Gasteiger partial charge in [0.1, 0.15) is 0 Å². The summed E-state index contributed by atoms with van der Waals surface area (Å²) in [7, 11) is 0. The van der Waals surface area contributed by atoms with Crippen molar-refractivity contribution in [2.75, 3.05) is 32.7 Å². The van der Waals surface area contributed by atoms with E-state index in [4.69, 9.17) is 0 Å². The molecular weight excluding hydrogens is 338 g/mol. The molecule has 0 unspecified atom stereocenters. The van der Waals surface area contributed by atoms with Crippen LogP contribution in [0.25, 0.3) is 0 Å². The number of non-ortho nitro benzene ring substituents is 1. The Morgan fingerprint density at radius 3 is 2.57 bits per heavy atom. The number of amides is 1. The zero-order valence-corrected chi connectivity index (χ0v) is 13.5. The van der Waals surface area contributed by atoms with Crippen molar-refractivity contribution in [2.45, 2.75) is 13.3 Å². The second kappa shape index (κ2) is 7.00. The third-order valence-corrected chi connectivity index (χ3v) is 4.28. The van der Waals surface area contributed by atoms with Gasteiger partial charge in [0.2, 0.25) is 0 Å². The molecule has 1 fully saturated rings. The number of nitro benzene ring substituents is 1. The molecule has 0 N–H and O–H groups in total. The summed E-state index contributed by atoms with van der Waals surface area (Å²) in [4.78, 5) is 27.0. The maximum atomic E-state index is 12.5. The summed E-state index contributed by atoms with van der Waals surface area (Å²) in [6.45, 7) is 6.21. The molecule has 114 valence electrons. The molecular formula is C14H18BrN3O3. The second-order valence-electron chi connectivity index (χ2n) is 5.06. The van der Waals surface area contributed by atoms with Gasteiger partial charge in [-0.25, -0.2) is 0 Å². The lowest BCUT2D eigenvalue weighted by Crippen LogP contribution is -2.48. The average molecular weight is 356 g/mol. The zero-order valence-electron chi connectivity index (χ0n) is 11.9. The van der Waals surface area contributed by atoms with E-state index in [1.165, 1.54) is 12.1 Å². The summed E-state index contributed by atoms with van der Waals surface area (Å²) in [5.41, 5.74) is 0.291. The predicted molar refractivity (Wildman–Crippen MR) is 83.4 cm³/mol. The van der Waals surface area contributed by atoms with Crippen LogP contribution in [-0.2, 0) is 0 Å². The van der Waals surface area contributed by atoms with Gasteiger partial charge in [-0.1, -0.05) is 6.92 Å². The Hall–Kier alpha value is -1.47. The average Bonchev–Trinajstić information content (AvgIpc) is 2.48. The number of halogens is 1. The highest BCUT2D eigenvalue weighted by Crippen LogP contribution is 2.24. The largest absolute Gasteiger partial charge is 0.336 e. The van der Waals surface area contributed by atoms with Crippen molar-refractivity contribution in [2.24, 2.45) is 0 Å². The van der Waals surface area contributed by atoms with Crippen molar-refractivity contribution in [1.82, 2.24) is 9.80 Å². The van der Waals surface area contributed by atoms with E-state index in [0.717, 1.165) is 26.1 Å². The first kappa shape index (κ1) is 15.9. The SMILES string of the molecule is CCCN1CCN(C(=O)c2cc([N+](=O)[O-])ccc2Br)CC1. The minimum absolute atomic E-state index is 0.0637. The number of nitrogens with zero attached hydrogens (tertiary/aromatic N) is 3. The van der Waals surface area contributed by atoms with Crippen molar-refractivity contribution < 1.29 is 9.72 Å². The summed E-state index contributed by atoms with van der Waals surface area (Å²) < 4.78 is 0.592. The normalized spacial score (nSPS) is 16.0. The molecule has 1 aromatic rings. The number of hydrogen-bond acceptors (Lipinski definition) is 4. The Balaban J connectivity index is 2.10. The van der Waals surface area contributed by atoms with Crippen molar-refractivity contribution in [3.8, 4) is 0 Å². The van der Waals surface area contributed by atoms with Crippen LogP contribution in [0.3, 0.4) is 0 Å². The second-order valence-corrected chi connectivity index (χ2v) is 5.91. The summed E-state index contributed by atoms with van der Waals surface area (Å²) in [6, 6.07) is 4.28. The third kappa shape index (κ3) is 3.79. The molecule has 0 aromatic heterocycles. The number of nitro groups is 1. The Kier molecular flexibility index (Phi) is 5.30. The van der Waals surface area contributed by atoms with Crippen LogP contribution < -0.4 is 0 Å². The van der Waals surface area contributed by atoms with Crippen LogP contribution in [0.1, 0.15) is 23.7 Å². The fourth-order valence-corrected chi connectivity index (χ4v) is 2.87. The monoisotopic (exact) mass is 355 g/mol. The first-order chi connectivity index (χ1) is 10.0. The first-order valence-corrected chi connectivity index (χ1v) is 7.77. The summed E-state index contributed by atoms with van der Waals surface area (Å²) >= 11 is 3.30. The third-order valence-electron chi connectivity index (χ3n) is 3.59. The van der Waals surface area contributed by atoms with Gasteiger partial charge in [-0.05, 0) is 35.0 Å². The van der Waals surface area contributed by atoms with Gasteiger partial charge in [-0.3, -0.25) is 19.8 Å². The van der Waals surface area contributed by atoms with Crippen LogP contribution >= 0.6 is 15.9 Å². The number of piperazine rings is 1. The van der Waals surface area contributed by atoms with E-state index in [2.05, 4.69) is 27.8 Å². The van der Waals surface area contributed by atoms with E-state index in [-0.39, 0.29) is 11.6 Å². The van der Waals surface area contributed by atoms with Gasteiger partial charge in [-0.2, -0.15) is 0 Å². The molecule has 2 rings (SSSR count). The van der Waals surface area contributed by atoms with E-state index in [1.807, 2.05) is 0 Å². The lowest BCUT2D eigenvalue weighted by molar-refractivity contribution is -0.384. The Morgan fingerprint density at radius 2 is 2.00 bits per heavy atom. The maximum absolute atomic E-state index is 12.5. The molecule has 21 heavy (non-hydrogen) atoms. The molecule has 0 radical (unpaired) electrons. The lowest BCUT2D eigenvalue weighted by atomic mass is 10.1. The number of carbonyl (C=O) groups is 1. The molecule has 1 aliphatic heterocycles. The lowest BCUT2D eigenvalue weighted by Gasteiger charge is -2.34. The standard InChI is InChI=1S/C14H18BrN3O3/c1-2-5-16-6-8-17(9-7-16)14(19)12-10-11(18(20)21)3-4-13(12)15/h3-4,10H,2,5-9H2,1H3. The Labute approximate surface area is 132 Å². The maximum Gasteiger partial charge on any atom is 0.270 e. The van der Waals surface area contributed by atoms with Crippen molar-refractivity contribution in [3.63, 3.8) is 0 Å². The fraction of sp³-hybridized carbons (Fsp3) is 0.500. The van der Waals surface area contributed by atoms with Gasteiger partial charge >= 0.3 is 0 Å². The van der Waals surface area contributed by atoms with Crippen molar-refractivity contribution >= 4 is 27.5 Å². The quantitative estimate of drug-likeness (QED) is 0.614. The topological polar surface area (TPSA) is 66.7 Å². The molecule has 1 amide bonds. The van der Waals surface area contributed by atoms with Crippen molar-refractivity contribution in [1.29, 1.82) is 0 Å². The fourth-order valence-electron chi connectivity index (χ4n) is 2.45. The van der Waals surface area contributed by atoms with Crippen LogP contribution in [-0.4, -0.2) is 53.4 Å². The van der Waals surface area contributed by atoms with Gasteiger partial charge < -0.3 is 4.90 Å². The highest BCUT2D eigenvalue weighted by molar-refractivity contribution is 9.10. The smallest absolute Gasteiger partial charge is 0.270 e. The number of carbonyl (C=O) groups excluding carboxylic acids is 1. The van der Waals surface area contributed by atoms with E-state index in [0.29, 0.717) is 23.1 Å². The van der Waals surface area contributed by atoms with Gasteiger partial charge in [-0.15, -0.1) is 0 Å². The highest BCUT2D eigenvalue weighted by atomic mass is 79.9. The number of benzene rings is 1. The molecule has 1 aliphatic rings. The zero-order chi connectivity index (χ0) is 15.4. The van der Waals surface area contributed by atoms with Crippen LogP contribution in [0.4, 0.5) is 5.69 Å². The van der Waals surface area contributed by atoms with E-state index in [1.54, 1.807) is 11.0 Å². The predicted octanol–water partition coefficient (Wildman–Crippen LogP) is 2.53. The van der Waals surface area contributed by atoms with Gasteiger partial charge in [0.05, 0.1) is 10.5 Å². The minimum Gasteiger partial charge on any atom is -0.336 e. The Bertz CT molecular complexity index is 542. The van der Waals surface area contributed by atoms with E-state index < -0.39 is 4.92 Å². The van der Waals surface area contributed by atoms with E-state index in [9.17, 15) is 14.9 Å². The number of hydrogen-bond donors (Lipinski definition) is 0. The molecule has 0 spiro atoms. The highest BCUT2D eigenvalue weighted by Gasteiger charge is 2.24. The van der Waals surface area contributed by atoms with Gasteiger partial charge in [0, 0.05) is 42.8 Å². The van der Waals surface area contributed by atoms with Gasteiger partial charge in [0.25, 0.3) is 11.6 Å². The van der Waals surface area contributed by atoms with Gasteiger partial charge in [0.15, 0.2) is 0 Å². The molecule has 1 heterocycles. The minimum atomic E-state index is -0.484. The molecule has 0 aliphatic carbocycles. The van der Waals surface area contributed by atoms with Crippen LogP contribution in [0, 0.1) is 10.1 Å². The molecule has 1 aromatic carbocycles. The molecule has 1 saturated heterocycles. The summed E-state index contributed by atoms with van der Waals surface area (Å²) in [6.07, 6.45) is 1.10. The Morgan fingerprint density at radius 1 is 1.33 bits per heavy atom. The first-order valence-electron chi connectivity index (χ1n) is 6.98. The molecule has 7 heteroatoms. The van der Waals surface area contributed by atoms with E-state index >= 15 is 0 Å². The molecule has 6 nitrogen and oxygen atoms in total. The van der Waals surface area contributed by atoms with Crippen LogP contribution in [0.2, 0.25) is 0 Å². The summed E-state index contributed by atoms with van der Waals surface area (Å²) in [5.74, 6) is -0.151. The van der Waals surface area contributed by atoms with Crippen molar-refractivity contribution in [3.05, 3.63) is 38.3 Å².